The van der Waals surface area contributed by atoms with Crippen LogP contribution in [0.25, 0.3) is 0 Å². The van der Waals surface area contributed by atoms with Crippen LogP contribution in [0.1, 0.15) is 29.5 Å². The van der Waals surface area contributed by atoms with Crippen molar-refractivity contribution < 1.29 is 13.2 Å². The maximum Gasteiger partial charge on any atom is 0.229 e. The molecule has 162 valence electrons. The van der Waals surface area contributed by atoms with Gasteiger partial charge in [-0.3, -0.25) is 9.71 Å². The number of aryl methyl sites for hydroxylation is 1. The summed E-state index contributed by atoms with van der Waals surface area (Å²) in [4.78, 5) is 4.27. The predicted octanol–water partition coefficient (Wildman–Crippen LogP) is 3.02. The lowest BCUT2D eigenvalue weighted by atomic mass is 10.1. The Bertz CT molecular complexity index is 1000. The number of anilines is 1. The fourth-order valence-electron chi connectivity index (χ4n) is 2.99. The van der Waals surface area contributed by atoms with E-state index in [2.05, 4.69) is 45.5 Å². The van der Waals surface area contributed by atoms with Gasteiger partial charge in [0.05, 0.1) is 18.6 Å². The molecule has 2 aromatic rings. The standard InChI is InChI=1S/C22H30N4O3S/c1-16-8-11-19(21(12-16)29-15-17-9-10-17)14-25-22(23-2)24-13-18-6-4-5-7-20(18)26-30(3,27)28/h4-8,11-12,17,26H,9-10,13-15H2,1-3H3,(H2,23,24,25). The number of aliphatic imine (C=N–C) groups is 1. The van der Waals surface area contributed by atoms with Crippen molar-refractivity contribution in [1.29, 1.82) is 0 Å². The topological polar surface area (TPSA) is 91.8 Å². The Kier molecular flexibility index (Phi) is 7.20. The van der Waals surface area contributed by atoms with Gasteiger partial charge in [-0.05, 0) is 48.9 Å². The van der Waals surface area contributed by atoms with Crippen LogP contribution in [-0.4, -0.2) is 34.3 Å². The number of hydrogen-bond donors (Lipinski definition) is 3. The van der Waals surface area contributed by atoms with Gasteiger partial charge in [0, 0.05) is 25.7 Å². The lowest BCUT2D eigenvalue weighted by Crippen LogP contribution is -2.36. The molecule has 0 bridgehead atoms. The van der Waals surface area contributed by atoms with Gasteiger partial charge >= 0.3 is 0 Å². The summed E-state index contributed by atoms with van der Waals surface area (Å²) in [7, 11) is -1.64. The SMILES string of the molecule is CN=C(NCc1ccccc1NS(C)(=O)=O)NCc1ccc(C)cc1OCC1CC1. The molecule has 1 aliphatic carbocycles. The highest BCUT2D eigenvalue weighted by atomic mass is 32.2. The molecule has 0 radical (unpaired) electrons. The largest absolute Gasteiger partial charge is 0.493 e. The van der Waals surface area contributed by atoms with Crippen molar-refractivity contribution in [2.75, 3.05) is 24.6 Å². The maximum absolute atomic E-state index is 11.6. The quantitative estimate of drug-likeness (QED) is 0.420. The van der Waals surface area contributed by atoms with Crippen molar-refractivity contribution in [3.05, 3.63) is 59.2 Å². The van der Waals surface area contributed by atoms with Crippen molar-refractivity contribution in [3.8, 4) is 5.75 Å². The highest BCUT2D eigenvalue weighted by Gasteiger charge is 2.22. The predicted molar refractivity (Wildman–Crippen MR) is 121 cm³/mol. The smallest absolute Gasteiger partial charge is 0.229 e. The van der Waals surface area contributed by atoms with Crippen molar-refractivity contribution in [1.82, 2.24) is 10.6 Å². The van der Waals surface area contributed by atoms with Crippen LogP contribution in [0.15, 0.2) is 47.5 Å². The fourth-order valence-corrected chi connectivity index (χ4v) is 3.59. The zero-order valence-electron chi connectivity index (χ0n) is 17.7. The molecule has 0 saturated heterocycles. The van der Waals surface area contributed by atoms with Gasteiger partial charge in [0.15, 0.2) is 5.96 Å². The Morgan fingerprint density at radius 1 is 1.10 bits per heavy atom. The van der Waals surface area contributed by atoms with Crippen LogP contribution in [0.4, 0.5) is 5.69 Å². The van der Waals surface area contributed by atoms with Gasteiger partial charge in [0.2, 0.25) is 10.0 Å². The van der Waals surface area contributed by atoms with E-state index in [1.165, 1.54) is 18.4 Å². The first-order valence-electron chi connectivity index (χ1n) is 10.1. The molecule has 30 heavy (non-hydrogen) atoms. The third-order valence-corrected chi connectivity index (χ3v) is 5.41. The van der Waals surface area contributed by atoms with E-state index >= 15 is 0 Å². The molecule has 3 N–H and O–H groups in total. The number of guanidine groups is 1. The zero-order valence-corrected chi connectivity index (χ0v) is 18.6. The van der Waals surface area contributed by atoms with E-state index in [1.54, 1.807) is 19.2 Å². The summed E-state index contributed by atoms with van der Waals surface area (Å²) in [6.45, 7) is 3.83. The fraction of sp³-hybridized carbons (Fsp3) is 0.409. The number of nitrogens with zero attached hydrogens (tertiary/aromatic N) is 1. The Balaban J connectivity index is 1.60. The molecule has 1 aliphatic rings. The van der Waals surface area contributed by atoms with E-state index < -0.39 is 10.0 Å². The van der Waals surface area contributed by atoms with Crippen molar-refractivity contribution in [3.63, 3.8) is 0 Å². The minimum Gasteiger partial charge on any atom is -0.493 e. The molecule has 0 aromatic heterocycles. The first-order valence-corrected chi connectivity index (χ1v) is 12.0. The normalized spacial score (nSPS) is 14.3. The maximum atomic E-state index is 11.6. The summed E-state index contributed by atoms with van der Waals surface area (Å²) in [5.74, 6) is 2.23. The molecule has 0 aliphatic heterocycles. The summed E-state index contributed by atoms with van der Waals surface area (Å²) in [6, 6.07) is 13.5. The molecule has 3 rings (SSSR count). The van der Waals surface area contributed by atoms with Gasteiger partial charge in [0.1, 0.15) is 5.75 Å². The summed E-state index contributed by atoms with van der Waals surface area (Å²) in [5, 5.41) is 6.54. The van der Waals surface area contributed by atoms with Crippen LogP contribution in [0, 0.1) is 12.8 Å². The molecule has 0 spiro atoms. The van der Waals surface area contributed by atoms with E-state index in [0.717, 1.165) is 29.7 Å². The van der Waals surface area contributed by atoms with Gasteiger partial charge in [-0.25, -0.2) is 8.42 Å². The average molecular weight is 431 g/mol. The molecule has 0 atom stereocenters. The first kappa shape index (κ1) is 22.0. The van der Waals surface area contributed by atoms with E-state index in [1.807, 2.05) is 12.1 Å². The Labute approximate surface area is 179 Å². The lowest BCUT2D eigenvalue weighted by Gasteiger charge is -2.16. The molecular formula is C22H30N4O3S. The second-order valence-corrected chi connectivity index (χ2v) is 9.42. The van der Waals surface area contributed by atoms with Crippen molar-refractivity contribution in [2.24, 2.45) is 10.9 Å². The van der Waals surface area contributed by atoms with E-state index in [0.29, 0.717) is 30.7 Å². The Morgan fingerprint density at radius 2 is 1.80 bits per heavy atom. The van der Waals surface area contributed by atoms with Gasteiger partial charge < -0.3 is 15.4 Å². The zero-order chi connectivity index (χ0) is 21.6. The molecule has 1 saturated carbocycles. The number of benzene rings is 2. The number of hydrogen-bond acceptors (Lipinski definition) is 4. The van der Waals surface area contributed by atoms with Crippen LogP contribution in [-0.2, 0) is 23.1 Å². The summed E-state index contributed by atoms with van der Waals surface area (Å²) in [6.07, 6.45) is 3.65. The molecule has 0 unspecified atom stereocenters. The van der Waals surface area contributed by atoms with Gasteiger partial charge in [-0.1, -0.05) is 30.3 Å². The number of sulfonamides is 1. The van der Waals surface area contributed by atoms with Crippen molar-refractivity contribution in [2.45, 2.75) is 32.9 Å². The van der Waals surface area contributed by atoms with Crippen LogP contribution < -0.4 is 20.1 Å². The summed E-state index contributed by atoms with van der Waals surface area (Å²) < 4.78 is 31.7. The number of ether oxygens (including phenoxy) is 1. The van der Waals surface area contributed by atoms with E-state index in [9.17, 15) is 8.42 Å². The summed E-state index contributed by atoms with van der Waals surface area (Å²) >= 11 is 0. The molecular weight excluding hydrogens is 400 g/mol. The van der Waals surface area contributed by atoms with E-state index in [4.69, 9.17) is 4.74 Å². The third kappa shape index (κ3) is 6.95. The minimum absolute atomic E-state index is 0.428. The van der Waals surface area contributed by atoms with Crippen LogP contribution in [0.2, 0.25) is 0 Å². The van der Waals surface area contributed by atoms with E-state index in [-0.39, 0.29) is 0 Å². The molecule has 1 fully saturated rings. The molecule has 0 heterocycles. The summed E-state index contributed by atoms with van der Waals surface area (Å²) in [5.41, 5.74) is 3.62. The molecule has 8 heteroatoms. The highest BCUT2D eigenvalue weighted by Crippen LogP contribution is 2.30. The Morgan fingerprint density at radius 3 is 2.47 bits per heavy atom. The lowest BCUT2D eigenvalue weighted by molar-refractivity contribution is 0.296. The van der Waals surface area contributed by atoms with Gasteiger partial charge in [-0.15, -0.1) is 0 Å². The molecule has 7 nitrogen and oxygen atoms in total. The highest BCUT2D eigenvalue weighted by molar-refractivity contribution is 7.92. The molecule has 2 aromatic carbocycles. The first-order chi connectivity index (χ1) is 14.3. The second kappa shape index (κ2) is 9.84. The minimum atomic E-state index is -3.34. The number of rotatable bonds is 9. The second-order valence-electron chi connectivity index (χ2n) is 7.68. The number of nitrogens with one attached hydrogen (secondary N) is 3. The van der Waals surface area contributed by atoms with Crippen LogP contribution in [0.5, 0.6) is 5.75 Å². The van der Waals surface area contributed by atoms with Crippen molar-refractivity contribution >= 4 is 21.7 Å². The Hall–Kier alpha value is -2.74. The monoisotopic (exact) mass is 430 g/mol. The number of para-hydroxylation sites is 1. The van der Waals surface area contributed by atoms with Gasteiger partial charge in [0.25, 0.3) is 0 Å². The van der Waals surface area contributed by atoms with Crippen LogP contribution in [0.3, 0.4) is 0 Å². The average Bonchev–Trinajstić information content (AvgIpc) is 3.52. The third-order valence-electron chi connectivity index (χ3n) is 4.82. The van der Waals surface area contributed by atoms with Gasteiger partial charge in [-0.2, -0.15) is 0 Å². The van der Waals surface area contributed by atoms with Crippen LogP contribution >= 0.6 is 0 Å². The molecule has 0 amide bonds.